The highest BCUT2D eigenvalue weighted by Gasteiger charge is 2.28. The molecule has 124 valence electrons. The lowest BCUT2D eigenvalue weighted by atomic mass is 10.1. The fourth-order valence-corrected chi connectivity index (χ4v) is 3.24. The summed E-state index contributed by atoms with van der Waals surface area (Å²) < 4.78 is 16.4. The molecule has 2 aromatic carbocycles. The maximum Gasteiger partial charge on any atom is 0.254 e. The Morgan fingerprint density at radius 1 is 1.17 bits per heavy atom. The van der Waals surface area contributed by atoms with Gasteiger partial charge < -0.3 is 19.1 Å². The lowest BCUT2D eigenvalue weighted by molar-refractivity contribution is -0.0228. The maximum absolute atomic E-state index is 12.8. The van der Waals surface area contributed by atoms with Crippen molar-refractivity contribution in [2.45, 2.75) is 6.10 Å². The molecule has 2 heterocycles. The molecule has 2 aliphatic heterocycles. The predicted molar refractivity (Wildman–Crippen MR) is 88.6 cm³/mol. The summed E-state index contributed by atoms with van der Waals surface area (Å²) in [6.45, 7) is 1.69. The third-order valence-electron chi connectivity index (χ3n) is 4.20. The smallest absolute Gasteiger partial charge is 0.254 e. The van der Waals surface area contributed by atoms with Crippen molar-refractivity contribution in [1.82, 2.24) is 4.90 Å². The van der Waals surface area contributed by atoms with Gasteiger partial charge in [-0.1, -0.05) is 41.9 Å². The number of carbonyl (C=O) groups excluding carboxylic acids is 1. The molecule has 4 rings (SSSR count). The Kier molecular flexibility index (Phi) is 4.04. The number of benzene rings is 2. The number of hydrogen-bond donors (Lipinski definition) is 0. The Balaban J connectivity index is 1.55. The Morgan fingerprint density at radius 3 is 2.83 bits per heavy atom. The van der Waals surface area contributed by atoms with Crippen LogP contribution in [0.15, 0.2) is 42.5 Å². The van der Waals surface area contributed by atoms with Crippen LogP contribution in [0.25, 0.3) is 0 Å². The summed E-state index contributed by atoms with van der Waals surface area (Å²) in [6.07, 6.45) is -0.117. The highest BCUT2D eigenvalue weighted by molar-refractivity contribution is 6.32. The average molecular weight is 346 g/mol. The minimum absolute atomic E-state index is 0.0839. The van der Waals surface area contributed by atoms with Crippen LogP contribution < -0.4 is 9.47 Å². The van der Waals surface area contributed by atoms with Crippen molar-refractivity contribution in [2.75, 3.05) is 26.5 Å². The molecule has 0 aliphatic carbocycles. The van der Waals surface area contributed by atoms with E-state index in [9.17, 15) is 4.79 Å². The topological polar surface area (TPSA) is 48.0 Å². The van der Waals surface area contributed by atoms with Crippen molar-refractivity contribution in [3.05, 3.63) is 58.6 Å². The summed E-state index contributed by atoms with van der Waals surface area (Å²) in [7, 11) is 0. The van der Waals surface area contributed by atoms with Gasteiger partial charge in [-0.05, 0) is 17.7 Å². The SMILES string of the molecule is O=C(c1cc(Cl)c2c(c1)OCO2)N1CCOC(c2ccccc2)C1. The molecule has 0 bridgehead atoms. The van der Waals surface area contributed by atoms with Crippen molar-refractivity contribution in [3.63, 3.8) is 0 Å². The molecular weight excluding hydrogens is 330 g/mol. The Hall–Kier alpha value is -2.24. The van der Waals surface area contributed by atoms with Gasteiger partial charge in [0.1, 0.15) is 6.10 Å². The van der Waals surface area contributed by atoms with Gasteiger partial charge in [-0.15, -0.1) is 0 Å². The molecule has 0 saturated carbocycles. The van der Waals surface area contributed by atoms with E-state index >= 15 is 0 Å². The van der Waals surface area contributed by atoms with E-state index in [0.29, 0.717) is 41.8 Å². The van der Waals surface area contributed by atoms with Gasteiger partial charge in [-0.25, -0.2) is 0 Å². The quantitative estimate of drug-likeness (QED) is 0.838. The Labute approximate surface area is 144 Å². The molecule has 2 aliphatic rings. The number of rotatable bonds is 2. The van der Waals surface area contributed by atoms with Crippen LogP contribution in [0.3, 0.4) is 0 Å². The molecule has 0 N–H and O–H groups in total. The largest absolute Gasteiger partial charge is 0.454 e. The van der Waals surface area contributed by atoms with Gasteiger partial charge in [-0.3, -0.25) is 4.79 Å². The van der Waals surface area contributed by atoms with E-state index in [1.165, 1.54) is 0 Å². The van der Waals surface area contributed by atoms with Gasteiger partial charge in [0, 0.05) is 12.1 Å². The van der Waals surface area contributed by atoms with Crippen LogP contribution in [0.1, 0.15) is 22.0 Å². The second-order valence-corrected chi connectivity index (χ2v) is 6.12. The van der Waals surface area contributed by atoms with Crippen molar-refractivity contribution in [3.8, 4) is 11.5 Å². The first kappa shape index (κ1) is 15.3. The normalized spacial score (nSPS) is 19.4. The molecule has 1 atom stereocenters. The van der Waals surface area contributed by atoms with Crippen LogP contribution in [0.5, 0.6) is 11.5 Å². The number of carbonyl (C=O) groups is 1. The number of fused-ring (bicyclic) bond motifs is 1. The third-order valence-corrected chi connectivity index (χ3v) is 4.48. The van der Waals surface area contributed by atoms with Crippen molar-refractivity contribution >= 4 is 17.5 Å². The fourth-order valence-electron chi connectivity index (χ4n) is 2.98. The van der Waals surface area contributed by atoms with Gasteiger partial charge in [0.2, 0.25) is 6.79 Å². The standard InChI is InChI=1S/C18H16ClNO4/c19-14-8-13(9-15-17(14)24-11-23-15)18(21)20-6-7-22-16(10-20)12-4-2-1-3-5-12/h1-5,8-9,16H,6-7,10-11H2. The number of halogens is 1. The van der Waals surface area contributed by atoms with E-state index in [1.807, 2.05) is 30.3 Å². The fraction of sp³-hybridized carbons (Fsp3) is 0.278. The third kappa shape index (κ3) is 2.81. The molecular formula is C18H16ClNO4. The van der Waals surface area contributed by atoms with E-state index in [2.05, 4.69) is 0 Å². The van der Waals surface area contributed by atoms with Crippen molar-refractivity contribution in [2.24, 2.45) is 0 Å². The minimum Gasteiger partial charge on any atom is -0.454 e. The Morgan fingerprint density at radius 2 is 2.00 bits per heavy atom. The highest BCUT2D eigenvalue weighted by atomic mass is 35.5. The first-order valence-corrected chi connectivity index (χ1v) is 8.15. The van der Waals surface area contributed by atoms with Gasteiger partial charge in [0.05, 0.1) is 18.2 Å². The number of morpholine rings is 1. The molecule has 1 amide bonds. The molecule has 1 fully saturated rings. The average Bonchev–Trinajstić information content (AvgIpc) is 3.11. The lowest BCUT2D eigenvalue weighted by Gasteiger charge is -2.33. The van der Waals surface area contributed by atoms with E-state index < -0.39 is 0 Å². The summed E-state index contributed by atoms with van der Waals surface area (Å²) >= 11 is 6.18. The number of hydrogen-bond acceptors (Lipinski definition) is 4. The molecule has 0 aromatic heterocycles. The lowest BCUT2D eigenvalue weighted by Crippen LogP contribution is -2.42. The van der Waals surface area contributed by atoms with Crippen LogP contribution in [0.2, 0.25) is 5.02 Å². The first-order chi connectivity index (χ1) is 11.7. The summed E-state index contributed by atoms with van der Waals surface area (Å²) in [5, 5.41) is 0.390. The zero-order valence-corrected chi connectivity index (χ0v) is 13.7. The minimum atomic E-state index is -0.117. The van der Waals surface area contributed by atoms with Crippen molar-refractivity contribution < 1.29 is 19.0 Å². The summed E-state index contributed by atoms with van der Waals surface area (Å²) in [6, 6.07) is 13.2. The highest BCUT2D eigenvalue weighted by Crippen LogP contribution is 2.40. The van der Waals surface area contributed by atoms with Gasteiger partial charge >= 0.3 is 0 Å². The summed E-state index contributed by atoms with van der Waals surface area (Å²) in [4.78, 5) is 14.6. The summed E-state index contributed by atoms with van der Waals surface area (Å²) in [5.41, 5.74) is 1.57. The second-order valence-electron chi connectivity index (χ2n) is 5.71. The predicted octanol–water partition coefficient (Wildman–Crippen LogP) is 3.28. The zero-order chi connectivity index (χ0) is 16.5. The molecule has 0 radical (unpaired) electrons. The van der Waals surface area contributed by atoms with E-state index in [1.54, 1.807) is 17.0 Å². The molecule has 5 nitrogen and oxygen atoms in total. The van der Waals surface area contributed by atoms with Crippen LogP contribution in [0, 0.1) is 0 Å². The van der Waals surface area contributed by atoms with Crippen LogP contribution in [0.4, 0.5) is 0 Å². The monoisotopic (exact) mass is 345 g/mol. The second kappa shape index (κ2) is 6.34. The molecule has 0 spiro atoms. The van der Waals surface area contributed by atoms with E-state index in [4.69, 9.17) is 25.8 Å². The first-order valence-electron chi connectivity index (χ1n) is 7.77. The number of ether oxygens (including phenoxy) is 3. The van der Waals surface area contributed by atoms with Crippen LogP contribution in [-0.4, -0.2) is 37.3 Å². The van der Waals surface area contributed by atoms with Crippen LogP contribution >= 0.6 is 11.6 Å². The maximum atomic E-state index is 12.8. The van der Waals surface area contributed by atoms with Gasteiger partial charge in [0.15, 0.2) is 11.5 Å². The Bertz CT molecular complexity index is 765. The summed E-state index contributed by atoms with van der Waals surface area (Å²) in [5.74, 6) is 0.926. The molecule has 6 heteroatoms. The molecule has 24 heavy (non-hydrogen) atoms. The van der Waals surface area contributed by atoms with Gasteiger partial charge in [-0.2, -0.15) is 0 Å². The number of amides is 1. The molecule has 1 unspecified atom stereocenters. The van der Waals surface area contributed by atoms with Crippen LogP contribution in [-0.2, 0) is 4.74 Å². The molecule has 1 saturated heterocycles. The van der Waals surface area contributed by atoms with Gasteiger partial charge in [0.25, 0.3) is 5.91 Å². The molecule has 2 aromatic rings. The zero-order valence-electron chi connectivity index (χ0n) is 12.9. The number of nitrogens with zero attached hydrogens (tertiary/aromatic N) is 1. The van der Waals surface area contributed by atoms with E-state index in [-0.39, 0.29) is 18.8 Å². The van der Waals surface area contributed by atoms with E-state index in [0.717, 1.165) is 5.56 Å². The van der Waals surface area contributed by atoms with Crippen molar-refractivity contribution in [1.29, 1.82) is 0 Å².